The molecule has 140 valence electrons. The number of carbonyl (C=O) groups is 1. The highest BCUT2D eigenvalue weighted by Crippen LogP contribution is 2.30. The Morgan fingerprint density at radius 1 is 1.12 bits per heavy atom. The van der Waals surface area contributed by atoms with Gasteiger partial charge < -0.3 is 9.47 Å². The molecule has 4 nitrogen and oxygen atoms in total. The minimum atomic E-state index is -4.88. The average Bonchev–Trinajstić information content (AvgIpc) is 2.54. The van der Waals surface area contributed by atoms with Crippen LogP contribution >= 0.6 is 0 Å². The maximum Gasteiger partial charge on any atom is 0.523 e. The van der Waals surface area contributed by atoms with Crippen LogP contribution in [0.4, 0.5) is 17.6 Å². The monoisotopic (exact) mass is 372 g/mol. The molecule has 0 N–H and O–H groups in total. The molecule has 0 spiro atoms. The first kappa shape index (κ1) is 19.9. The normalized spacial score (nSPS) is 12.7. The Bertz CT molecular complexity index is 757. The summed E-state index contributed by atoms with van der Waals surface area (Å²) in [6.45, 7) is 1.46. The molecule has 0 saturated carbocycles. The van der Waals surface area contributed by atoms with Crippen LogP contribution in [0, 0.1) is 5.82 Å². The van der Waals surface area contributed by atoms with Gasteiger partial charge in [0.05, 0.1) is 18.3 Å². The second-order valence-electron chi connectivity index (χ2n) is 5.41. The lowest BCUT2D eigenvalue weighted by Crippen LogP contribution is -2.17. The summed E-state index contributed by atoms with van der Waals surface area (Å²) in [6, 6.07) is 9.53. The van der Waals surface area contributed by atoms with Gasteiger partial charge in [-0.1, -0.05) is 12.1 Å². The molecule has 8 heteroatoms. The first-order valence-corrected chi connectivity index (χ1v) is 7.53. The van der Waals surface area contributed by atoms with Crippen LogP contribution in [0.5, 0.6) is 5.75 Å². The van der Waals surface area contributed by atoms with Crippen molar-refractivity contribution in [2.75, 3.05) is 7.11 Å². The van der Waals surface area contributed by atoms with Gasteiger partial charge >= 0.3 is 12.3 Å². The lowest BCUT2D eigenvalue weighted by molar-refractivity contribution is -0.342. The minimum absolute atomic E-state index is 0.128. The summed E-state index contributed by atoms with van der Waals surface area (Å²) in [5.41, 5.74) is 0.798. The summed E-state index contributed by atoms with van der Waals surface area (Å²) in [5, 5.41) is 0. The van der Waals surface area contributed by atoms with Crippen LogP contribution in [-0.2, 0) is 16.1 Å². The van der Waals surface area contributed by atoms with E-state index in [0.29, 0.717) is 6.61 Å². The van der Waals surface area contributed by atoms with Crippen molar-refractivity contribution in [1.29, 1.82) is 0 Å². The van der Waals surface area contributed by atoms with Crippen molar-refractivity contribution in [1.82, 2.24) is 0 Å². The molecule has 26 heavy (non-hydrogen) atoms. The molecule has 0 aliphatic heterocycles. The van der Waals surface area contributed by atoms with Crippen molar-refractivity contribution < 1.29 is 36.6 Å². The third-order valence-electron chi connectivity index (χ3n) is 3.43. The molecular weight excluding hydrogens is 356 g/mol. The molecule has 2 aromatic carbocycles. The highest BCUT2D eigenvalue weighted by atomic mass is 19.4. The Hall–Kier alpha value is -2.45. The van der Waals surface area contributed by atoms with Crippen molar-refractivity contribution in [3.63, 3.8) is 0 Å². The third kappa shape index (κ3) is 5.53. The van der Waals surface area contributed by atoms with Gasteiger partial charge in [0.15, 0.2) is 0 Å². The van der Waals surface area contributed by atoms with Gasteiger partial charge in [-0.15, -0.1) is 13.2 Å². The number of methoxy groups -OCH3 is 1. The van der Waals surface area contributed by atoms with E-state index in [9.17, 15) is 22.4 Å². The van der Waals surface area contributed by atoms with Crippen LogP contribution in [-0.4, -0.2) is 19.4 Å². The summed E-state index contributed by atoms with van der Waals surface area (Å²) < 4.78 is 64.4. The van der Waals surface area contributed by atoms with Gasteiger partial charge in [-0.25, -0.2) is 9.18 Å². The van der Waals surface area contributed by atoms with E-state index in [1.165, 1.54) is 18.2 Å². The quantitative estimate of drug-likeness (QED) is 0.416. The fraction of sp³-hybridized carbons (Fsp3) is 0.278. The molecule has 0 fully saturated rings. The standard InChI is InChI=1S/C18H16F4O4/c1-11(26-18(20,21)22)15-8-7-14(9-16(15)19)25-17(23)13-5-3-12(4-6-13)10-24-2/h3-9,11H,10H2,1-2H3. The number of hydrogen-bond acceptors (Lipinski definition) is 4. The number of alkyl halides is 3. The van der Waals surface area contributed by atoms with Gasteiger partial charge in [0.25, 0.3) is 0 Å². The predicted molar refractivity (Wildman–Crippen MR) is 84.1 cm³/mol. The van der Waals surface area contributed by atoms with Crippen molar-refractivity contribution in [2.45, 2.75) is 26.0 Å². The summed E-state index contributed by atoms with van der Waals surface area (Å²) in [6.07, 6.45) is -6.42. The number of halogens is 4. The lowest BCUT2D eigenvalue weighted by Gasteiger charge is -2.16. The van der Waals surface area contributed by atoms with E-state index in [0.717, 1.165) is 24.6 Å². The molecule has 0 amide bonds. The summed E-state index contributed by atoms with van der Waals surface area (Å²) in [4.78, 5) is 12.1. The zero-order valence-corrected chi connectivity index (χ0v) is 14.0. The van der Waals surface area contributed by atoms with Crippen LogP contribution < -0.4 is 4.74 Å². The first-order chi connectivity index (χ1) is 12.2. The van der Waals surface area contributed by atoms with E-state index in [1.54, 1.807) is 19.2 Å². The smallest absolute Gasteiger partial charge is 0.423 e. The van der Waals surface area contributed by atoms with E-state index in [1.807, 2.05) is 0 Å². The van der Waals surface area contributed by atoms with Crippen molar-refractivity contribution >= 4 is 5.97 Å². The Labute approximate surface area is 147 Å². The summed E-state index contributed by atoms with van der Waals surface area (Å²) in [5.74, 6) is -1.82. The molecule has 2 aromatic rings. The van der Waals surface area contributed by atoms with Crippen LogP contribution in [0.25, 0.3) is 0 Å². The third-order valence-corrected chi connectivity index (χ3v) is 3.43. The van der Waals surface area contributed by atoms with E-state index < -0.39 is 24.3 Å². The zero-order chi connectivity index (χ0) is 19.3. The van der Waals surface area contributed by atoms with Crippen LogP contribution in [0.2, 0.25) is 0 Å². The Kier molecular flexibility index (Phi) is 6.33. The molecule has 1 unspecified atom stereocenters. The van der Waals surface area contributed by atoms with Crippen molar-refractivity contribution in [2.24, 2.45) is 0 Å². The van der Waals surface area contributed by atoms with Gasteiger partial charge in [-0.3, -0.25) is 4.74 Å². The largest absolute Gasteiger partial charge is 0.523 e. The highest BCUT2D eigenvalue weighted by molar-refractivity contribution is 5.91. The van der Waals surface area contributed by atoms with Crippen molar-refractivity contribution in [3.05, 3.63) is 65.0 Å². The number of carbonyl (C=O) groups excluding carboxylic acids is 1. The molecule has 1 atom stereocenters. The average molecular weight is 372 g/mol. The second-order valence-corrected chi connectivity index (χ2v) is 5.41. The van der Waals surface area contributed by atoms with E-state index >= 15 is 0 Å². The van der Waals surface area contributed by atoms with Gasteiger partial charge in [0.2, 0.25) is 0 Å². The second kappa shape index (κ2) is 8.29. The molecule has 0 bridgehead atoms. The lowest BCUT2D eigenvalue weighted by atomic mass is 10.1. The van der Waals surface area contributed by atoms with E-state index in [4.69, 9.17) is 9.47 Å². The predicted octanol–water partition coefficient (Wildman–Crippen LogP) is 4.79. The highest BCUT2D eigenvalue weighted by Gasteiger charge is 2.33. The molecule has 0 aromatic heterocycles. The van der Waals surface area contributed by atoms with Crippen LogP contribution in [0.1, 0.15) is 34.5 Å². The fourth-order valence-electron chi connectivity index (χ4n) is 2.23. The minimum Gasteiger partial charge on any atom is -0.423 e. The van der Waals surface area contributed by atoms with Gasteiger partial charge in [-0.05, 0) is 36.8 Å². The van der Waals surface area contributed by atoms with Gasteiger partial charge in [0.1, 0.15) is 11.6 Å². The van der Waals surface area contributed by atoms with E-state index in [2.05, 4.69) is 4.74 Å². The molecule has 0 aliphatic rings. The Morgan fingerprint density at radius 3 is 2.31 bits per heavy atom. The van der Waals surface area contributed by atoms with Gasteiger partial charge in [-0.2, -0.15) is 0 Å². The topological polar surface area (TPSA) is 44.8 Å². The molecule has 0 saturated heterocycles. The van der Waals surface area contributed by atoms with E-state index in [-0.39, 0.29) is 16.9 Å². The number of benzene rings is 2. The SMILES string of the molecule is COCc1ccc(C(=O)Oc2ccc(C(C)OC(F)(F)F)c(F)c2)cc1. The summed E-state index contributed by atoms with van der Waals surface area (Å²) >= 11 is 0. The number of rotatable bonds is 6. The zero-order valence-electron chi connectivity index (χ0n) is 14.0. The molecule has 0 heterocycles. The summed E-state index contributed by atoms with van der Waals surface area (Å²) in [7, 11) is 1.54. The van der Waals surface area contributed by atoms with Crippen LogP contribution in [0.3, 0.4) is 0 Å². The molecular formula is C18H16F4O4. The molecule has 2 rings (SSSR count). The maximum absolute atomic E-state index is 14.0. The van der Waals surface area contributed by atoms with Crippen LogP contribution in [0.15, 0.2) is 42.5 Å². The maximum atomic E-state index is 14.0. The molecule has 0 radical (unpaired) electrons. The Balaban J connectivity index is 2.08. The van der Waals surface area contributed by atoms with Crippen molar-refractivity contribution in [3.8, 4) is 5.75 Å². The Morgan fingerprint density at radius 2 is 1.77 bits per heavy atom. The first-order valence-electron chi connectivity index (χ1n) is 7.53. The number of esters is 1. The number of ether oxygens (including phenoxy) is 3. The molecule has 0 aliphatic carbocycles. The van der Waals surface area contributed by atoms with Gasteiger partial charge in [0, 0.05) is 18.7 Å². The fourth-order valence-corrected chi connectivity index (χ4v) is 2.23. The number of hydrogen-bond donors (Lipinski definition) is 0.